The van der Waals surface area contributed by atoms with Crippen LogP contribution in [0.15, 0.2) is 133 Å². The van der Waals surface area contributed by atoms with Gasteiger partial charge < -0.3 is 23.9 Å². The molecule has 0 bridgehead atoms. The normalized spacial score (nSPS) is 19.0. The number of imide groups is 1. The molecule has 38 heteroatoms. The molecule has 0 aliphatic carbocycles. The van der Waals surface area contributed by atoms with Crippen LogP contribution in [-0.4, -0.2) is 178 Å². The van der Waals surface area contributed by atoms with E-state index in [9.17, 15) is 101 Å². The summed E-state index contributed by atoms with van der Waals surface area (Å²) >= 11 is 0. The smallest absolute Gasteiger partial charge is 0.334 e. The highest BCUT2D eigenvalue weighted by Gasteiger charge is 2.50. The van der Waals surface area contributed by atoms with Gasteiger partial charge in [0, 0.05) is 105 Å². The summed E-state index contributed by atoms with van der Waals surface area (Å²) in [5.41, 5.74) is -1.83. The van der Waals surface area contributed by atoms with Crippen LogP contribution in [0.3, 0.4) is 0 Å². The van der Waals surface area contributed by atoms with Crippen molar-refractivity contribution in [3.05, 3.63) is 120 Å². The Morgan fingerprint density at radius 1 is 0.628 bits per heavy atom. The molecule has 31 nitrogen and oxygen atoms in total. The molecule has 94 heavy (non-hydrogen) atoms. The number of fused-ring (bicyclic) bond motifs is 6. The average molecular weight is 1450 g/mol. The largest absolute Gasteiger partial charge is 0.457 e. The molecule has 5 aromatic carbocycles. The number of carbonyl (C=O) groups is 3. The average Bonchev–Trinajstić information content (AvgIpc) is 1.54. The Kier molecular flexibility index (Phi) is 21.1. The van der Waals surface area contributed by atoms with Crippen LogP contribution in [0, 0.1) is 0 Å². The molecule has 3 aliphatic heterocycles. The minimum absolute atomic E-state index is 0.0461. The van der Waals surface area contributed by atoms with Crippen molar-refractivity contribution in [1.29, 1.82) is 0 Å². The third-order valence-electron chi connectivity index (χ3n) is 15.8. The summed E-state index contributed by atoms with van der Waals surface area (Å²) in [5.74, 6) is -4.51. The lowest BCUT2D eigenvalue weighted by atomic mass is 9.74. The molecule has 0 spiro atoms. The lowest BCUT2D eigenvalue weighted by Gasteiger charge is -2.30. The summed E-state index contributed by atoms with van der Waals surface area (Å²) in [6.07, 6.45) is 3.95. The van der Waals surface area contributed by atoms with Gasteiger partial charge in [0.15, 0.2) is 5.71 Å². The van der Waals surface area contributed by atoms with Crippen LogP contribution in [0.5, 0.6) is 5.75 Å². The second kappa shape index (κ2) is 27.3. The van der Waals surface area contributed by atoms with Gasteiger partial charge in [0.1, 0.15) is 27.8 Å². The molecule has 1 fully saturated rings. The third-order valence-corrected chi connectivity index (χ3v) is 22.4. The second-order valence-electron chi connectivity index (χ2n) is 22.2. The van der Waals surface area contributed by atoms with Crippen LogP contribution in [0.25, 0.3) is 21.5 Å². The number of hydrogen-bond acceptors (Lipinski definition) is 22. The number of nitrogens with zero attached hydrogens (tertiary/aromatic N) is 3. The highest BCUT2D eigenvalue weighted by atomic mass is 32.2. The fourth-order valence-corrected chi connectivity index (χ4v) is 16.3. The van der Waals surface area contributed by atoms with E-state index in [1.54, 1.807) is 23.3 Å². The van der Waals surface area contributed by atoms with Crippen LogP contribution in [0.1, 0.15) is 69.9 Å². The number of hydrogen-bond donors (Lipinski definition) is 7. The van der Waals surface area contributed by atoms with Crippen LogP contribution in [-0.2, 0) is 110 Å². The van der Waals surface area contributed by atoms with Crippen molar-refractivity contribution < 1.29 is 124 Å². The Labute approximate surface area is 540 Å². The van der Waals surface area contributed by atoms with Crippen molar-refractivity contribution in [3.63, 3.8) is 0 Å². The number of amides is 2. The van der Waals surface area contributed by atoms with E-state index in [1.807, 2.05) is 0 Å². The quantitative estimate of drug-likeness (QED) is 0.0114. The van der Waals surface area contributed by atoms with E-state index in [4.69, 9.17) is 19.0 Å². The van der Waals surface area contributed by atoms with Crippen molar-refractivity contribution >= 4 is 127 Å². The SMILES string of the molecule is COCCC1(C)C(/C=C/C(=C/C=C2/N(CCCS(=O)(=O)O)c3ccc4c(S(=O)(=O)O)cc(S(=O)(=O)O)cc4c3C2(C)CCOC)Oc2ccc(S(=O)(=O)NCCC(=O)ON3C(=O)CCC3=O)cc2)=[N+](CCCS(=O)(=O)O)c2ccc3c(S(=O)(=O)O)cc(S(=O)(=O)O)cc3c21. The Morgan fingerprint density at radius 2 is 1.15 bits per heavy atom. The molecule has 1 saturated heterocycles. The summed E-state index contributed by atoms with van der Waals surface area (Å²) in [4.78, 5) is 38.6. The fourth-order valence-electron chi connectivity index (χ4n) is 11.6. The molecule has 3 aliphatic rings. The number of ether oxygens (including phenoxy) is 3. The van der Waals surface area contributed by atoms with Crippen molar-refractivity contribution in [2.45, 2.75) is 94.1 Å². The first-order valence-electron chi connectivity index (χ1n) is 27.9. The minimum atomic E-state index is -5.25. The zero-order valence-electron chi connectivity index (χ0n) is 50.1. The molecule has 0 aromatic heterocycles. The standard InChI is InChI=1S/C56H62N4O27S7/c1-55(22-27-84-3)48(58(25-5-29-88(64,65)66)44-15-13-40-42(53(44)55)31-38(91(72,73)74)33-46(40)93(78,79)80)17-9-36(86-35-7-11-37(12-8-35)90(70,71)57-24-21-52(63)87-60-50(61)19-20-51(60)62)10-18-49-56(2,23-28-85-4)54-43-32-39(92(75,76)77)34-47(94(81,82)83)41(43)14-16-45(54)59(49)26-6-30-89(67,68)69/h7-18,31-34,57H,5-6,19-30H2,1-4H3,(H5-,64,65,66,67,68,69,72,73,74,75,76,77,78,79,80,81,82,83)/p+1. The van der Waals surface area contributed by atoms with Gasteiger partial charge in [-0.3, -0.25) is 36.9 Å². The summed E-state index contributed by atoms with van der Waals surface area (Å²) in [6, 6.07) is 12.9. The topological polar surface area (TPSA) is 470 Å². The molecule has 0 radical (unpaired) electrons. The van der Waals surface area contributed by atoms with Gasteiger partial charge in [-0.15, -0.1) is 5.06 Å². The minimum Gasteiger partial charge on any atom is -0.457 e. The number of rotatable bonds is 29. The molecular weight excluding hydrogens is 1390 g/mol. The first-order chi connectivity index (χ1) is 43.5. The van der Waals surface area contributed by atoms with Gasteiger partial charge in [-0.25, -0.2) is 17.9 Å². The van der Waals surface area contributed by atoms with Crippen LogP contribution >= 0.6 is 0 Å². The number of hydroxylamine groups is 2. The summed E-state index contributed by atoms with van der Waals surface area (Å²) in [7, 11) is -31.9. The van der Waals surface area contributed by atoms with E-state index in [0.717, 1.165) is 24.3 Å². The number of anilines is 1. The van der Waals surface area contributed by atoms with E-state index in [0.29, 0.717) is 17.2 Å². The van der Waals surface area contributed by atoms with Crippen molar-refractivity contribution in [2.75, 3.05) is 63.5 Å². The number of benzene rings is 5. The zero-order chi connectivity index (χ0) is 69.5. The van der Waals surface area contributed by atoms with Gasteiger partial charge in [-0.05, 0) is 128 Å². The maximum absolute atomic E-state index is 13.6. The Hall–Kier alpha value is -6.99. The predicted octanol–water partition coefficient (Wildman–Crippen LogP) is 4.42. The number of allylic oxidation sites excluding steroid dienone is 5. The molecule has 8 rings (SSSR count). The second-order valence-corrected chi connectivity index (χ2v) is 32.7. The fraction of sp³-hybridized carbons (Fsp3) is 0.357. The molecule has 2 amide bonds. The Morgan fingerprint density at radius 3 is 1.67 bits per heavy atom. The molecule has 3 heterocycles. The number of carbonyl (C=O) groups excluding carboxylic acids is 3. The molecule has 7 N–H and O–H groups in total. The van der Waals surface area contributed by atoms with Crippen molar-refractivity contribution in [1.82, 2.24) is 9.79 Å². The van der Waals surface area contributed by atoms with Gasteiger partial charge in [0.05, 0.1) is 38.0 Å². The first-order valence-corrected chi connectivity index (χ1v) is 38.4. The molecule has 2 unspecified atom stereocenters. The highest BCUT2D eigenvalue weighted by Crippen LogP contribution is 2.54. The molecule has 0 saturated carbocycles. The van der Waals surface area contributed by atoms with Gasteiger partial charge in [0.25, 0.3) is 72.5 Å². The first kappa shape index (κ1) is 72.8. The Bertz CT molecular complexity index is 4900. The molecular formula is C56H63N4O27S7+. The van der Waals surface area contributed by atoms with Gasteiger partial charge in [0.2, 0.25) is 15.7 Å². The van der Waals surface area contributed by atoms with Gasteiger partial charge in [-0.1, -0.05) is 6.07 Å². The van der Waals surface area contributed by atoms with E-state index in [1.165, 1.54) is 74.9 Å². The van der Waals surface area contributed by atoms with Crippen molar-refractivity contribution in [3.8, 4) is 5.75 Å². The van der Waals surface area contributed by atoms with Crippen LogP contribution in [0.2, 0.25) is 0 Å². The van der Waals surface area contributed by atoms with Gasteiger partial charge >= 0.3 is 5.97 Å². The number of sulfonamides is 1. The van der Waals surface area contributed by atoms with E-state index >= 15 is 0 Å². The summed E-state index contributed by atoms with van der Waals surface area (Å²) in [6.45, 7) is 2.02. The third kappa shape index (κ3) is 16.1. The number of methoxy groups -OCH3 is 2. The highest BCUT2D eigenvalue weighted by molar-refractivity contribution is 7.89. The summed E-state index contributed by atoms with van der Waals surface area (Å²) < 4.78 is 262. The van der Waals surface area contributed by atoms with E-state index in [-0.39, 0.29) is 137 Å². The maximum atomic E-state index is 13.6. The lowest BCUT2D eigenvalue weighted by Crippen LogP contribution is -2.33. The predicted molar refractivity (Wildman–Crippen MR) is 333 cm³/mol. The summed E-state index contributed by atoms with van der Waals surface area (Å²) in [5, 5.41) is -0.424. The van der Waals surface area contributed by atoms with Crippen molar-refractivity contribution in [2.24, 2.45) is 0 Å². The lowest BCUT2D eigenvalue weighted by molar-refractivity contribution is -0.437. The maximum Gasteiger partial charge on any atom is 0.334 e. The van der Waals surface area contributed by atoms with Gasteiger partial charge in [-0.2, -0.15) is 55.1 Å². The van der Waals surface area contributed by atoms with E-state index < -0.39 is 143 Å². The monoisotopic (exact) mass is 1450 g/mol. The van der Waals surface area contributed by atoms with E-state index in [2.05, 4.69) is 4.72 Å². The number of nitrogens with one attached hydrogen (secondary N) is 1. The molecule has 5 aromatic rings. The molecule has 510 valence electrons. The van der Waals surface area contributed by atoms with Crippen LogP contribution in [0.4, 0.5) is 11.4 Å². The molecule has 2 atom stereocenters. The zero-order valence-corrected chi connectivity index (χ0v) is 55.8. The van der Waals surface area contributed by atoms with Crippen LogP contribution < -0.4 is 14.4 Å². The Balaban J connectivity index is 1.36.